The molecule has 0 aliphatic heterocycles. The number of nitrogens with one attached hydrogen (secondary N) is 1. The molecule has 1 unspecified atom stereocenters. The highest BCUT2D eigenvalue weighted by molar-refractivity contribution is 5.79. The maximum absolute atomic E-state index is 12.7. The summed E-state index contributed by atoms with van der Waals surface area (Å²) in [6.45, 7) is 1.77. The molecule has 0 heterocycles. The number of rotatable bonds is 4. The van der Waals surface area contributed by atoms with E-state index in [1.165, 1.54) is 12.1 Å². The summed E-state index contributed by atoms with van der Waals surface area (Å²) in [5.41, 5.74) is 0.856. The summed E-state index contributed by atoms with van der Waals surface area (Å²) in [7, 11) is 0. The molecule has 0 saturated carbocycles. The molecule has 2 aromatic carbocycles. The van der Waals surface area contributed by atoms with E-state index in [1.807, 2.05) is 6.07 Å². The van der Waals surface area contributed by atoms with Gasteiger partial charge in [-0.25, -0.2) is 0 Å². The summed E-state index contributed by atoms with van der Waals surface area (Å²) in [6.07, 6.45) is -4.56. The lowest BCUT2D eigenvalue weighted by molar-refractivity contribution is -0.137. The molecule has 0 spiro atoms. The molecule has 1 amide bonds. The van der Waals surface area contributed by atoms with Crippen LogP contribution in [-0.2, 0) is 17.4 Å². The second-order valence-corrected chi connectivity index (χ2v) is 5.40. The topological polar surface area (TPSA) is 52.9 Å². The number of nitriles is 1. The Morgan fingerprint density at radius 3 is 2.46 bits per heavy atom. The summed E-state index contributed by atoms with van der Waals surface area (Å²) < 4.78 is 38.0. The summed E-state index contributed by atoms with van der Waals surface area (Å²) >= 11 is 0. The summed E-state index contributed by atoms with van der Waals surface area (Å²) in [5.74, 6) is -0.369. The molecular formula is C18H15F3N2O. The van der Waals surface area contributed by atoms with Crippen molar-refractivity contribution in [2.45, 2.75) is 25.6 Å². The zero-order valence-electron chi connectivity index (χ0n) is 12.9. The quantitative estimate of drug-likeness (QED) is 0.920. The lowest BCUT2D eigenvalue weighted by Gasteiger charge is -2.15. The molecule has 0 aliphatic rings. The van der Waals surface area contributed by atoms with Gasteiger partial charge in [-0.15, -0.1) is 0 Å². The highest BCUT2D eigenvalue weighted by Crippen LogP contribution is 2.29. The van der Waals surface area contributed by atoms with Crippen molar-refractivity contribution in [2.24, 2.45) is 0 Å². The molecule has 2 aromatic rings. The molecule has 1 N–H and O–H groups in total. The van der Waals surface area contributed by atoms with Gasteiger partial charge in [-0.2, -0.15) is 18.4 Å². The van der Waals surface area contributed by atoms with Crippen molar-refractivity contribution in [3.05, 3.63) is 70.8 Å². The van der Waals surface area contributed by atoms with Crippen LogP contribution >= 0.6 is 0 Å². The van der Waals surface area contributed by atoms with Crippen LogP contribution in [0, 0.1) is 11.3 Å². The minimum atomic E-state index is -4.43. The first kappa shape index (κ1) is 17.5. The fourth-order valence-electron chi connectivity index (χ4n) is 2.27. The molecule has 0 bridgehead atoms. The fourth-order valence-corrected chi connectivity index (χ4v) is 2.27. The Morgan fingerprint density at radius 1 is 1.21 bits per heavy atom. The monoisotopic (exact) mass is 332 g/mol. The first-order valence-electron chi connectivity index (χ1n) is 7.25. The molecule has 0 aromatic heterocycles. The zero-order chi connectivity index (χ0) is 17.7. The number of hydrogen-bond donors (Lipinski definition) is 1. The number of alkyl halides is 3. The van der Waals surface area contributed by atoms with Crippen molar-refractivity contribution in [3.8, 4) is 6.07 Å². The van der Waals surface area contributed by atoms with E-state index in [0.29, 0.717) is 11.1 Å². The molecular weight excluding hydrogens is 317 g/mol. The Hall–Kier alpha value is -2.81. The smallest absolute Gasteiger partial charge is 0.349 e. The molecule has 24 heavy (non-hydrogen) atoms. The van der Waals surface area contributed by atoms with E-state index in [2.05, 4.69) is 5.32 Å². The van der Waals surface area contributed by atoms with Gasteiger partial charge in [-0.1, -0.05) is 30.3 Å². The van der Waals surface area contributed by atoms with Crippen LogP contribution in [0.4, 0.5) is 13.2 Å². The zero-order valence-corrected chi connectivity index (χ0v) is 12.9. The highest BCUT2D eigenvalue weighted by atomic mass is 19.4. The van der Waals surface area contributed by atoms with Crippen molar-refractivity contribution >= 4 is 5.91 Å². The van der Waals surface area contributed by atoms with Crippen LogP contribution in [-0.4, -0.2) is 5.91 Å². The third-order valence-corrected chi connectivity index (χ3v) is 3.54. The Labute approximate surface area is 137 Å². The molecule has 1 atom stereocenters. The van der Waals surface area contributed by atoms with Crippen LogP contribution in [0.25, 0.3) is 0 Å². The maximum Gasteiger partial charge on any atom is 0.416 e. The summed E-state index contributed by atoms with van der Waals surface area (Å²) in [6, 6.07) is 13.2. The van der Waals surface area contributed by atoms with E-state index in [-0.39, 0.29) is 18.4 Å². The molecule has 3 nitrogen and oxygen atoms in total. The van der Waals surface area contributed by atoms with Gasteiger partial charge in [0, 0.05) is 0 Å². The number of carbonyl (C=O) groups excluding carboxylic acids is 1. The SMILES string of the molecule is CC(NC(=O)Cc1cccc(C(F)(F)F)c1)c1ccc(C#N)cc1. The molecule has 124 valence electrons. The molecule has 0 saturated heterocycles. The second kappa shape index (κ2) is 7.18. The molecule has 0 aliphatic carbocycles. The van der Waals surface area contributed by atoms with Crippen molar-refractivity contribution in [1.29, 1.82) is 5.26 Å². The van der Waals surface area contributed by atoms with Crippen molar-refractivity contribution in [2.75, 3.05) is 0 Å². The van der Waals surface area contributed by atoms with Crippen LogP contribution in [0.2, 0.25) is 0 Å². The fraction of sp³-hybridized carbons (Fsp3) is 0.222. The highest BCUT2D eigenvalue weighted by Gasteiger charge is 2.30. The number of benzene rings is 2. The van der Waals surface area contributed by atoms with Gasteiger partial charge in [-0.3, -0.25) is 4.79 Å². The van der Waals surface area contributed by atoms with Crippen LogP contribution in [0.15, 0.2) is 48.5 Å². The second-order valence-electron chi connectivity index (χ2n) is 5.40. The number of hydrogen-bond acceptors (Lipinski definition) is 2. The van der Waals surface area contributed by atoms with Crippen LogP contribution in [0.5, 0.6) is 0 Å². The van der Waals surface area contributed by atoms with Crippen LogP contribution < -0.4 is 5.32 Å². The van der Waals surface area contributed by atoms with E-state index in [0.717, 1.165) is 17.7 Å². The molecule has 2 rings (SSSR count). The number of amides is 1. The minimum absolute atomic E-state index is 0.134. The van der Waals surface area contributed by atoms with Gasteiger partial charge in [0.2, 0.25) is 5.91 Å². The van der Waals surface area contributed by atoms with Crippen LogP contribution in [0.1, 0.15) is 35.2 Å². The molecule has 6 heteroatoms. The van der Waals surface area contributed by atoms with Crippen LogP contribution in [0.3, 0.4) is 0 Å². The standard InChI is InChI=1S/C18H15F3N2O/c1-12(15-7-5-13(11-22)6-8-15)23-17(24)10-14-3-2-4-16(9-14)18(19,20)21/h2-9,12H,10H2,1H3,(H,23,24). The Kier molecular flexibility index (Phi) is 5.24. The first-order valence-corrected chi connectivity index (χ1v) is 7.25. The molecule has 0 fully saturated rings. The van der Waals surface area contributed by atoms with Gasteiger partial charge in [-0.05, 0) is 36.2 Å². The summed E-state index contributed by atoms with van der Waals surface area (Å²) in [4.78, 5) is 12.0. The van der Waals surface area contributed by atoms with Gasteiger partial charge in [0.15, 0.2) is 0 Å². The first-order chi connectivity index (χ1) is 11.3. The van der Waals surface area contributed by atoms with E-state index >= 15 is 0 Å². The van der Waals surface area contributed by atoms with E-state index < -0.39 is 11.7 Å². The number of carbonyl (C=O) groups is 1. The average Bonchev–Trinajstić information content (AvgIpc) is 2.54. The third kappa shape index (κ3) is 4.59. The Balaban J connectivity index is 2.01. The van der Waals surface area contributed by atoms with Crippen molar-refractivity contribution < 1.29 is 18.0 Å². The van der Waals surface area contributed by atoms with Gasteiger partial charge >= 0.3 is 6.18 Å². The van der Waals surface area contributed by atoms with Gasteiger partial charge in [0.1, 0.15) is 0 Å². The van der Waals surface area contributed by atoms with Crippen molar-refractivity contribution in [1.82, 2.24) is 5.32 Å². The van der Waals surface area contributed by atoms with Gasteiger partial charge in [0.05, 0.1) is 29.7 Å². The lowest BCUT2D eigenvalue weighted by atomic mass is 10.0. The van der Waals surface area contributed by atoms with Gasteiger partial charge < -0.3 is 5.32 Å². The predicted octanol–water partition coefficient (Wildman–Crippen LogP) is 4.00. The normalized spacial score (nSPS) is 12.3. The summed E-state index contributed by atoms with van der Waals surface area (Å²) in [5, 5.41) is 11.5. The van der Waals surface area contributed by atoms with E-state index in [4.69, 9.17) is 5.26 Å². The third-order valence-electron chi connectivity index (χ3n) is 3.54. The Bertz CT molecular complexity index is 761. The van der Waals surface area contributed by atoms with E-state index in [9.17, 15) is 18.0 Å². The number of halogens is 3. The average molecular weight is 332 g/mol. The predicted molar refractivity (Wildman–Crippen MR) is 82.9 cm³/mol. The lowest BCUT2D eigenvalue weighted by Crippen LogP contribution is -2.28. The van der Waals surface area contributed by atoms with Crippen molar-refractivity contribution in [3.63, 3.8) is 0 Å². The van der Waals surface area contributed by atoms with Gasteiger partial charge in [0.25, 0.3) is 0 Å². The maximum atomic E-state index is 12.7. The van der Waals surface area contributed by atoms with E-state index in [1.54, 1.807) is 31.2 Å². The molecule has 0 radical (unpaired) electrons. The largest absolute Gasteiger partial charge is 0.416 e. The minimum Gasteiger partial charge on any atom is -0.349 e. The Morgan fingerprint density at radius 2 is 1.88 bits per heavy atom. The number of nitrogens with zero attached hydrogens (tertiary/aromatic N) is 1.